The largest absolute Gasteiger partial charge is 0.281 e. The Kier molecular flexibility index (Phi) is 15.8. The molecule has 0 rings (SSSR count). The highest BCUT2D eigenvalue weighted by Gasteiger charge is 2.08. The average Bonchev–Trinajstić information content (AvgIpc) is 2.47. The number of carbonyl (C=O) groups excluding carboxylic acids is 1. The Morgan fingerprint density at radius 3 is 1.86 bits per heavy atom. The quantitative estimate of drug-likeness (QED) is 0.180. The van der Waals surface area contributed by atoms with Crippen molar-refractivity contribution >= 4 is 16.8 Å². The summed E-state index contributed by atoms with van der Waals surface area (Å²) >= 11 is 5.44. The number of halogens is 1. The number of carbonyl (C=O) groups is 1. The molecule has 2 heteroatoms. The van der Waals surface area contributed by atoms with E-state index in [1.807, 2.05) is 6.92 Å². The Balaban J connectivity index is 3.17. The summed E-state index contributed by atoms with van der Waals surface area (Å²) in [6.45, 7) is 4.18. The Morgan fingerprint density at radius 1 is 0.857 bits per heavy atom. The minimum absolute atomic E-state index is 0.0314. The molecule has 0 aliphatic heterocycles. The van der Waals surface area contributed by atoms with Crippen molar-refractivity contribution in [2.45, 2.75) is 97.3 Å². The molecule has 0 saturated carbocycles. The van der Waals surface area contributed by atoms with Gasteiger partial charge in [-0.15, -0.1) is 0 Å². The SMILES string of the molecule is CCCCCCCC/C=C\CCCCCC[C@H](C)C(=O)Cl. The van der Waals surface area contributed by atoms with Crippen molar-refractivity contribution in [1.29, 1.82) is 0 Å². The van der Waals surface area contributed by atoms with Crippen molar-refractivity contribution in [3.05, 3.63) is 12.2 Å². The van der Waals surface area contributed by atoms with Gasteiger partial charge in [-0.2, -0.15) is 0 Å². The number of rotatable bonds is 15. The monoisotopic (exact) mass is 314 g/mol. The van der Waals surface area contributed by atoms with Crippen LogP contribution in [0.1, 0.15) is 97.3 Å². The Morgan fingerprint density at radius 2 is 1.33 bits per heavy atom. The highest BCUT2D eigenvalue weighted by atomic mass is 35.5. The molecule has 0 spiro atoms. The zero-order chi connectivity index (χ0) is 15.8. The van der Waals surface area contributed by atoms with Crippen LogP contribution >= 0.6 is 11.6 Å². The molecule has 21 heavy (non-hydrogen) atoms. The van der Waals surface area contributed by atoms with Crippen LogP contribution in [0.2, 0.25) is 0 Å². The fourth-order valence-corrected chi connectivity index (χ4v) is 2.57. The lowest BCUT2D eigenvalue weighted by Gasteiger charge is -2.04. The maximum Gasteiger partial charge on any atom is 0.224 e. The summed E-state index contributed by atoms with van der Waals surface area (Å²) in [4.78, 5) is 10.9. The maximum atomic E-state index is 10.9. The molecule has 1 nitrogen and oxygen atoms in total. The molecule has 0 fully saturated rings. The summed E-state index contributed by atoms with van der Waals surface area (Å²) in [5.41, 5.74) is 0. The lowest BCUT2D eigenvalue weighted by atomic mass is 10.0. The maximum absolute atomic E-state index is 10.9. The van der Waals surface area contributed by atoms with E-state index >= 15 is 0 Å². The summed E-state index contributed by atoms with van der Waals surface area (Å²) in [5, 5.41) is -0.187. The van der Waals surface area contributed by atoms with Crippen LogP contribution in [0.25, 0.3) is 0 Å². The summed E-state index contributed by atoms with van der Waals surface area (Å²) in [6, 6.07) is 0. The summed E-state index contributed by atoms with van der Waals surface area (Å²) < 4.78 is 0. The van der Waals surface area contributed by atoms with Crippen LogP contribution < -0.4 is 0 Å². The van der Waals surface area contributed by atoms with Gasteiger partial charge in [0.2, 0.25) is 5.24 Å². The molecule has 0 unspecified atom stereocenters. The van der Waals surface area contributed by atoms with E-state index in [1.165, 1.54) is 70.6 Å². The molecule has 0 aromatic heterocycles. The van der Waals surface area contributed by atoms with Crippen LogP contribution in [-0.4, -0.2) is 5.24 Å². The standard InChI is InChI=1S/C19H35ClO/c1-3-4-5-6-7-8-9-10-11-12-13-14-15-16-17-18(2)19(20)21/h10-11,18H,3-9,12-17H2,1-2H3/b11-10-/t18-/m0/s1. The minimum atomic E-state index is -0.187. The first-order chi connectivity index (χ1) is 10.2. The van der Waals surface area contributed by atoms with Crippen LogP contribution in [0, 0.1) is 5.92 Å². The van der Waals surface area contributed by atoms with Crippen LogP contribution in [0.3, 0.4) is 0 Å². The van der Waals surface area contributed by atoms with Crippen LogP contribution in [0.4, 0.5) is 0 Å². The number of allylic oxidation sites excluding steroid dienone is 2. The molecule has 124 valence electrons. The fraction of sp³-hybridized carbons (Fsp3) is 0.842. The highest BCUT2D eigenvalue weighted by molar-refractivity contribution is 6.63. The second kappa shape index (κ2) is 16.1. The van der Waals surface area contributed by atoms with Gasteiger partial charge < -0.3 is 0 Å². The molecule has 0 bridgehead atoms. The summed E-state index contributed by atoms with van der Waals surface area (Å²) in [7, 11) is 0. The summed E-state index contributed by atoms with van der Waals surface area (Å²) in [6.07, 6.45) is 21.3. The van der Waals surface area contributed by atoms with Gasteiger partial charge in [0, 0.05) is 5.92 Å². The van der Waals surface area contributed by atoms with E-state index in [1.54, 1.807) is 0 Å². The van der Waals surface area contributed by atoms with Crippen LogP contribution in [0.5, 0.6) is 0 Å². The van der Waals surface area contributed by atoms with Crippen molar-refractivity contribution in [1.82, 2.24) is 0 Å². The number of unbranched alkanes of at least 4 members (excludes halogenated alkanes) is 10. The third kappa shape index (κ3) is 15.9. The summed E-state index contributed by atoms with van der Waals surface area (Å²) in [5.74, 6) is 0.0314. The first-order valence-electron chi connectivity index (χ1n) is 9.02. The molecule has 0 N–H and O–H groups in total. The molecular formula is C19H35ClO. The van der Waals surface area contributed by atoms with Gasteiger partial charge in [0.15, 0.2) is 0 Å². The number of hydrogen-bond donors (Lipinski definition) is 0. The second-order valence-corrected chi connectivity index (χ2v) is 6.60. The van der Waals surface area contributed by atoms with E-state index in [-0.39, 0.29) is 11.2 Å². The molecular weight excluding hydrogens is 280 g/mol. The predicted molar refractivity (Wildman–Crippen MR) is 94.9 cm³/mol. The van der Waals surface area contributed by atoms with Gasteiger partial charge >= 0.3 is 0 Å². The fourth-order valence-electron chi connectivity index (χ4n) is 2.46. The molecule has 0 aliphatic carbocycles. The minimum Gasteiger partial charge on any atom is -0.281 e. The first kappa shape index (κ1) is 20.7. The van der Waals surface area contributed by atoms with Crippen LogP contribution in [-0.2, 0) is 4.79 Å². The zero-order valence-electron chi connectivity index (χ0n) is 14.2. The normalized spacial score (nSPS) is 12.9. The van der Waals surface area contributed by atoms with Crippen LogP contribution in [0.15, 0.2) is 12.2 Å². The average molecular weight is 315 g/mol. The smallest absolute Gasteiger partial charge is 0.224 e. The number of hydrogen-bond acceptors (Lipinski definition) is 1. The van der Waals surface area contributed by atoms with Gasteiger partial charge in [-0.1, -0.05) is 77.4 Å². The molecule has 0 aromatic rings. The van der Waals surface area contributed by atoms with E-state index in [4.69, 9.17) is 11.6 Å². The molecule has 0 heterocycles. The molecule has 0 aromatic carbocycles. The molecule has 0 saturated heterocycles. The lowest BCUT2D eigenvalue weighted by Crippen LogP contribution is -2.02. The first-order valence-corrected chi connectivity index (χ1v) is 9.40. The topological polar surface area (TPSA) is 17.1 Å². The van der Waals surface area contributed by atoms with Crippen molar-refractivity contribution in [2.75, 3.05) is 0 Å². The Hall–Kier alpha value is -0.300. The van der Waals surface area contributed by atoms with Crippen molar-refractivity contribution in [3.63, 3.8) is 0 Å². The third-order valence-electron chi connectivity index (χ3n) is 4.04. The van der Waals surface area contributed by atoms with E-state index < -0.39 is 0 Å². The van der Waals surface area contributed by atoms with Gasteiger partial charge in [-0.05, 0) is 43.7 Å². The second-order valence-electron chi connectivity index (χ2n) is 6.22. The van der Waals surface area contributed by atoms with Crippen molar-refractivity contribution in [3.8, 4) is 0 Å². The van der Waals surface area contributed by atoms with E-state index in [9.17, 15) is 4.79 Å². The molecule has 0 aliphatic rings. The van der Waals surface area contributed by atoms with Gasteiger partial charge in [0.05, 0.1) is 0 Å². The highest BCUT2D eigenvalue weighted by Crippen LogP contribution is 2.14. The van der Waals surface area contributed by atoms with Gasteiger partial charge in [0.25, 0.3) is 0 Å². The van der Waals surface area contributed by atoms with Gasteiger partial charge in [0.1, 0.15) is 0 Å². The Labute approximate surface area is 137 Å². The molecule has 0 amide bonds. The Bertz CT molecular complexity index is 260. The van der Waals surface area contributed by atoms with E-state index in [2.05, 4.69) is 19.1 Å². The van der Waals surface area contributed by atoms with E-state index in [0.29, 0.717) is 0 Å². The van der Waals surface area contributed by atoms with Crippen molar-refractivity contribution in [2.24, 2.45) is 5.92 Å². The van der Waals surface area contributed by atoms with Gasteiger partial charge in [-0.3, -0.25) is 4.79 Å². The lowest BCUT2D eigenvalue weighted by molar-refractivity contribution is -0.114. The third-order valence-corrected chi connectivity index (χ3v) is 4.41. The van der Waals surface area contributed by atoms with Gasteiger partial charge in [-0.25, -0.2) is 0 Å². The molecule has 1 atom stereocenters. The van der Waals surface area contributed by atoms with E-state index in [0.717, 1.165) is 12.8 Å². The van der Waals surface area contributed by atoms with Crippen molar-refractivity contribution < 1.29 is 4.79 Å². The zero-order valence-corrected chi connectivity index (χ0v) is 15.0. The predicted octanol–water partition coefficient (Wildman–Crippen LogP) is 7.04. The molecule has 0 radical (unpaired) electrons.